The van der Waals surface area contributed by atoms with E-state index in [1.165, 1.54) is 5.56 Å². The van der Waals surface area contributed by atoms with Crippen molar-refractivity contribution in [2.75, 3.05) is 26.3 Å². The first kappa shape index (κ1) is 14.5. The largest absolute Gasteiger partial charge is 0.387 e. The first-order valence-corrected chi connectivity index (χ1v) is 7.31. The minimum Gasteiger partial charge on any atom is -0.387 e. The zero-order valence-electron chi connectivity index (χ0n) is 12.0. The van der Waals surface area contributed by atoms with Crippen molar-refractivity contribution in [3.05, 3.63) is 35.4 Å². The molecule has 1 aliphatic rings. The third-order valence-electron chi connectivity index (χ3n) is 4.02. The summed E-state index contributed by atoms with van der Waals surface area (Å²) in [4.78, 5) is 2.32. The Morgan fingerprint density at radius 1 is 1.21 bits per heavy atom. The van der Waals surface area contributed by atoms with E-state index in [0.29, 0.717) is 0 Å². The van der Waals surface area contributed by atoms with E-state index >= 15 is 0 Å². The van der Waals surface area contributed by atoms with Gasteiger partial charge in [-0.2, -0.15) is 0 Å². The molecule has 2 rings (SSSR count). The molecule has 1 aromatic rings. The Balaban J connectivity index is 2.01. The van der Waals surface area contributed by atoms with Gasteiger partial charge in [0.15, 0.2) is 0 Å². The lowest BCUT2D eigenvalue weighted by Crippen LogP contribution is -2.39. The van der Waals surface area contributed by atoms with Crippen molar-refractivity contribution in [3.63, 3.8) is 0 Å². The molecule has 0 saturated carbocycles. The number of ether oxygens (including phenoxy) is 1. The first-order valence-electron chi connectivity index (χ1n) is 7.31. The van der Waals surface area contributed by atoms with E-state index in [0.717, 1.165) is 44.7 Å². The number of hydrogen-bond donors (Lipinski definition) is 1. The molecule has 0 amide bonds. The predicted molar refractivity (Wildman–Crippen MR) is 77.3 cm³/mol. The normalized spacial score (nSPS) is 20.8. The Labute approximate surface area is 116 Å². The molecule has 0 spiro atoms. The zero-order valence-corrected chi connectivity index (χ0v) is 12.0. The standard InChI is InChI=1S/C16H25NO2/c1-3-14-5-7-15(8-6-14)16(18)13(2)17-9-4-11-19-12-10-17/h5-8,13,16,18H,3-4,9-12H2,1-2H3. The van der Waals surface area contributed by atoms with Crippen LogP contribution >= 0.6 is 0 Å². The van der Waals surface area contributed by atoms with Gasteiger partial charge in [0.05, 0.1) is 12.7 Å². The lowest BCUT2D eigenvalue weighted by molar-refractivity contribution is 0.0545. The number of aryl methyl sites for hydroxylation is 1. The van der Waals surface area contributed by atoms with Crippen LogP contribution in [0.1, 0.15) is 37.5 Å². The van der Waals surface area contributed by atoms with Gasteiger partial charge in [0.1, 0.15) is 0 Å². The van der Waals surface area contributed by atoms with Gasteiger partial charge in [-0.25, -0.2) is 0 Å². The highest BCUT2D eigenvalue weighted by molar-refractivity contribution is 5.25. The SMILES string of the molecule is CCc1ccc(C(O)C(C)N2CCCOCC2)cc1. The van der Waals surface area contributed by atoms with Crippen LogP contribution in [0.3, 0.4) is 0 Å². The summed E-state index contributed by atoms with van der Waals surface area (Å²) in [6, 6.07) is 8.45. The van der Waals surface area contributed by atoms with Crippen molar-refractivity contribution < 1.29 is 9.84 Å². The second-order valence-electron chi connectivity index (χ2n) is 5.28. The van der Waals surface area contributed by atoms with E-state index in [-0.39, 0.29) is 6.04 Å². The van der Waals surface area contributed by atoms with Gasteiger partial charge in [0, 0.05) is 25.7 Å². The van der Waals surface area contributed by atoms with Crippen molar-refractivity contribution in [1.82, 2.24) is 4.90 Å². The summed E-state index contributed by atoms with van der Waals surface area (Å²) < 4.78 is 5.47. The maximum atomic E-state index is 10.5. The molecule has 19 heavy (non-hydrogen) atoms. The Kier molecular flexibility index (Phi) is 5.37. The quantitative estimate of drug-likeness (QED) is 0.905. The Morgan fingerprint density at radius 2 is 1.95 bits per heavy atom. The number of aliphatic hydroxyl groups excluding tert-OH is 1. The molecule has 2 unspecified atom stereocenters. The molecule has 2 atom stereocenters. The van der Waals surface area contributed by atoms with E-state index in [1.807, 2.05) is 12.1 Å². The molecule has 1 N–H and O–H groups in total. The fourth-order valence-electron chi connectivity index (χ4n) is 2.60. The average Bonchev–Trinajstić information content (AvgIpc) is 2.75. The minimum absolute atomic E-state index is 0.133. The summed E-state index contributed by atoms with van der Waals surface area (Å²) in [5.41, 5.74) is 2.32. The lowest BCUT2D eigenvalue weighted by atomic mass is 10.00. The van der Waals surface area contributed by atoms with Crippen molar-refractivity contribution in [2.45, 2.75) is 38.8 Å². The summed E-state index contributed by atoms with van der Waals surface area (Å²) in [5.74, 6) is 0. The average molecular weight is 263 g/mol. The second kappa shape index (κ2) is 7.04. The van der Waals surface area contributed by atoms with Crippen LogP contribution in [0.2, 0.25) is 0 Å². The topological polar surface area (TPSA) is 32.7 Å². The molecule has 0 radical (unpaired) electrons. The Bertz CT molecular complexity index is 369. The summed E-state index contributed by atoms with van der Waals surface area (Å²) in [5, 5.41) is 10.5. The summed E-state index contributed by atoms with van der Waals surface area (Å²) >= 11 is 0. The van der Waals surface area contributed by atoms with E-state index in [1.54, 1.807) is 0 Å². The van der Waals surface area contributed by atoms with Gasteiger partial charge in [-0.15, -0.1) is 0 Å². The van der Waals surface area contributed by atoms with E-state index in [9.17, 15) is 5.11 Å². The van der Waals surface area contributed by atoms with E-state index in [2.05, 4.69) is 30.9 Å². The second-order valence-corrected chi connectivity index (χ2v) is 5.28. The maximum Gasteiger partial charge on any atom is 0.0942 e. The molecular formula is C16H25NO2. The highest BCUT2D eigenvalue weighted by Gasteiger charge is 2.23. The van der Waals surface area contributed by atoms with Crippen LogP contribution in [-0.4, -0.2) is 42.4 Å². The molecule has 0 aliphatic carbocycles. The third-order valence-corrected chi connectivity index (χ3v) is 4.02. The van der Waals surface area contributed by atoms with Crippen LogP contribution in [0, 0.1) is 0 Å². The van der Waals surface area contributed by atoms with Crippen LogP contribution in [0.4, 0.5) is 0 Å². The molecule has 106 valence electrons. The van der Waals surface area contributed by atoms with Crippen molar-refractivity contribution in [3.8, 4) is 0 Å². The molecule has 3 nitrogen and oxygen atoms in total. The Morgan fingerprint density at radius 3 is 2.63 bits per heavy atom. The molecule has 0 bridgehead atoms. The zero-order chi connectivity index (χ0) is 13.7. The van der Waals surface area contributed by atoms with Gasteiger partial charge in [0.25, 0.3) is 0 Å². The lowest BCUT2D eigenvalue weighted by Gasteiger charge is -2.31. The highest BCUT2D eigenvalue weighted by atomic mass is 16.5. The van der Waals surface area contributed by atoms with Gasteiger partial charge >= 0.3 is 0 Å². The van der Waals surface area contributed by atoms with Crippen LogP contribution in [0.15, 0.2) is 24.3 Å². The summed E-state index contributed by atoms with van der Waals surface area (Å²) in [6.45, 7) is 7.77. The van der Waals surface area contributed by atoms with Gasteiger partial charge in [-0.3, -0.25) is 4.90 Å². The van der Waals surface area contributed by atoms with Gasteiger partial charge in [0.2, 0.25) is 0 Å². The van der Waals surface area contributed by atoms with Gasteiger partial charge in [-0.1, -0.05) is 31.2 Å². The van der Waals surface area contributed by atoms with E-state index < -0.39 is 6.10 Å². The minimum atomic E-state index is -0.427. The number of aliphatic hydroxyl groups is 1. The molecular weight excluding hydrogens is 238 g/mol. The number of benzene rings is 1. The van der Waals surface area contributed by atoms with Crippen LogP contribution in [-0.2, 0) is 11.2 Å². The predicted octanol–water partition coefficient (Wildman–Crippen LogP) is 2.39. The van der Waals surface area contributed by atoms with Crippen LogP contribution in [0.25, 0.3) is 0 Å². The maximum absolute atomic E-state index is 10.5. The van der Waals surface area contributed by atoms with Crippen LogP contribution < -0.4 is 0 Å². The molecule has 1 aromatic carbocycles. The molecule has 1 saturated heterocycles. The molecule has 3 heteroatoms. The number of rotatable bonds is 4. The van der Waals surface area contributed by atoms with Crippen molar-refractivity contribution in [2.24, 2.45) is 0 Å². The highest BCUT2D eigenvalue weighted by Crippen LogP contribution is 2.22. The van der Waals surface area contributed by atoms with Gasteiger partial charge in [-0.05, 0) is 30.9 Å². The monoisotopic (exact) mass is 263 g/mol. The molecule has 1 fully saturated rings. The molecule has 0 aromatic heterocycles. The van der Waals surface area contributed by atoms with E-state index in [4.69, 9.17) is 4.74 Å². The third kappa shape index (κ3) is 3.78. The molecule has 1 heterocycles. The Hall–Kier alpha value is -0.900. The number of hydrogen-bond acceptors (Lipinski definition) is 3. The first-order chi connectivity index (χ1) is 9.22. The summed E-state index contributed by atoms with van der Waals surface area (Å²) in [7, 11) is 0. The smallest absolute Gasteiger partial charge is 0.0942 e. The summed E-state index contributed by atoms with van der Waals surface area (Å²) in [6.07, 6.45) is 1.66. The van der Waals surface area contributed by atoms with Crippen LogP contribution in [0.5, 0.6) is 0 Å². The fourth-order valence-corrected chi connectivity index (χ4v) is 2.60. The van der Waals surface area contributed by atoms with Crippen molar-refractivity contribution >= 4 is 0 Å². The fraction of sp³-hybridized carbons (Fsp3) is 0.625. The number of nitrogens with zero attached hydrogens (tertiary/aromatic N) is 1. The molecule has 1 aliphatic heterocycles. The van der Waals surface area contributed by atoms with Crippen molar-refractivity contribution in [1.29, 1.82) is 0 Å². The van der Waals surface area contributed by atoms with Gasteiger partial charge < -0.3 is 9.84 Å².